The molecule has 1 N–H and O–H groups in total. The predicted octanol–water partition coefficient (Wildman–Crippen LogP) is 2.10. The molecular weight excluding hydrogens is 280 g/mol. The van der Waals surface area contributed by atoms with Gasteiger partial charge in [-0.15, -0.1) is 0 Å². The molecular formula is C17H30N2O3. The number of rotatable bonds is 5. The first kappa shape index (κ1) is 17.3. The van der Waals surface area contributed by atoms with Crippen molar-refractivity contribution in [3.63, 3.8) is 0 Å². The van der Waals surface area contributed by atoms with E-state index in [1.165, 1.54) is 39.2 Å². The number of amides is 1. The molecule has 1 heterocycles. The summed E-state index contributed by atoms with van der Waals surface area (Å²) in [4.78, 5) is 26.0. The van der Waals surface area contributed by atoms with Gasteiger partial charge < -0.3 is 15.0 Å². The molecule has 0 aromatic heterocycles. The van der Waals surface area contributed by atoms with Gasteiger partial charge in [-0.05, 0) is 25.7 Å². The number of nitrogens with one attached hydrogen (secondary N) is 1. The summed E-state index contributed by atoms with van der Waals surface area (Å²) in [5, 5.41) is 3.69. The summed E-state index contributed by atoms with van der Waals surface area (Å²) in [6, 6.07) is 0.750. The van der Waals surface area contributed by atoms with Crippen LogP contribution in [0.15, 0.2) is 0 Å². The van der Waals surface area contributed by atoms with Crippen LogP contribution in [0.2, 0.25) is 0 Å². The Hall–Kier alpha value is -1.10. The van der Waals surface area contributed by atoms with Crippen molar-refractivity contribution in [1.82, 2.24) is 10.2 Å². The first-order valence-corrected chi connectivity index (χ1v) is 8.75. The van der Waals surface area contributed by atoms with Crippen molar-refractivity contribution in [3.8, 4) is 0 Å². The van der Waals surface area contributed by atoms with Gasteiger partial charge in [0, 0.05) is 31.6 Å². The molecule has 1 aliphatic heterocycles. The number of carbonyl (C=O) groups excluding carboxylic acids is 2. The molecule has 2 aliphatic rings. The van der Waals surface area contributed by atoms with E-state index in [-0.39, 0.29) is 23.8 Å². The van der Waals surface area contributed by atoms with E-state index in [4.69, 9.17) is 4.74 Å². The maximum atomic E-state index is 12.2. The topological polar surface area (TPSA) is 58.6 Å². The van der Waals surface area contributed by atoms with Crippen LogP contribution in [0.25, 0.3) is 0 Å². The molecule has 2 rings (SSSR count). The Kier molecular flexibility index (Phi) is 6.68. The zero-order chi connectivity index (χ0) is 15.9. The monoisotopic (exact) mass is 310 g/mol. The summed E-state index contributed by atoms with van der Waals surface area (Å²) in [7, 11) is 1.43. The van der Waals surface area contributed by atoms with Gasteiger partial charge in [0.2, 0.25) is 5.91 Å². The zero-order valence-electron chi connectivity index (χ0n) is 14.0. The Balaban J connectivity index is 1.97. The van der Waals surface area contributed by atoms with E-state index in [9.17, 15) is 9.59 Å². The highest BCUT2D eigenvalue weighted by molar-refractivity contribution is 5.78. The summed E-state index contributed by atoms with van der Waals surface area (Å²) >= 11 is 0. The highest BCUT2D eigenvalue weighted by Gasteiger charge is 2.35. The van der Waals surface area contributed by atoms with Gasteiger partial charge in [-0.1, -0.05) is 26.2 Å². The number of ether oxygens (including phenoxy) is 1. The van der Waals surface area contributed by atoms with Crippen molar-refractivity contribution >= 4 is 11.9 Å². The molecule has 0 bridgehead atoms. The van der Waals surface area contributed by atoms with Gasteiger partial charge in [-0.2, -0.15) is 0 Å². The van der Waals surface area contributed by atoms with Crippen LogP contribution in [0, 0.1) is 5.92 Å². The number of hydrogen-bond acceptors (Lipinski definition) is 4. The van der Waals surface area contributed by atoms with Crippen LogP contribution in [0.3, 0.4) is 0 Å². The Bertz CT molecular complexity index is 380. The molecule has 1 aliphatic carbocycles. The number of methoxy groups -OCH3 is 1. The molecule has 0 radical (unpaired) electrons. The molecule has 5 nitrogen and oxygen atoms in total. The second kappa shape index (κ2) is 8.51. The lowest BCUT2D eigenvalue weighted by atomic mass is 9.90. The van der Waals surface area contributed by atoms with Crippen LogP contribution in [-0.2, 0) is 14.3 Å². The van der Waals surface area contributed by atoms with E-state index in [0.717, 1.165) is 19.4 Å². The molecule has 0 aromatic rings. The number of piperidine rings is 1. The average molecular weight is 310 g/mol. The van der Waals surface area contributed by atoms with Gasteiger partial charge in [0.25, 0.3) is 0 Å². The summed E-state index contributed by atoms with van der Waals surface area (Å²) in [5.74, 6) is -0.225. The van der Waals surface area contributed by atoms with E-state index in [1.807, 2.05) is 11.8 Å². The minimum Gasteiger partial charge on any atom is -0.469 e. The fourth-order valence-electron chi connectivity index (χ4n) is 3.74. The minimum absolute atomic E-state index is 0.159. The van der Waals surface area contributed by atoms with Crippen LogP contribution >= 0.6 is 0 Å². The fourth-order valence-corrected chi connectivity index (χ4v) is 3.74. The summed E-state index contributed by atoms with van der Waals surface area (Å²) in [5.41, 5.74) is 0. The van der Waals surface area contributed by atoms with Gasteiger partial charge in [0.15, 0.2) is 0 Å². The highest BCUT2D eigenvalue weighted by Crippen LogP contribution is 2.23. The lowest BCUT2D eigenvalue weighted by molar-refractivity contribution is -0.149. The Morgan fingerprint density at radius 3 is 2.50 bits per heavy atom. The molecule has 126 valence electrons. The number of carbonyl (C=O) groups is 2. The van der Waals surface area contributed by atoms with Gasteiger partial charge in [0.05, 0.1) is 13.0 Å². The first-order chi connectivity index (χ1) is 10.6. The van der Waals surface area contributed by atoms with E-state index < -0.39 is 0 Å². The van der Waals surface area contributed by atoms with Crippen molar-refractivity contribution in [2.75, 3.05) is 20.2 Å². The van der Waals surface area contributed by atoms with E-state index in [2.05, 4.69) is 5.32 Å². The smallest absolute Gasteiger partial charge is 0.310 e. The van der Waals surface area contributed by atoms with Gasteiger partial charge >= 0.3 is 5.97 Å². The van der Waals surface area contributed by atoms with Crippen molar-refractivity contribution in [2.45, 2.75) is 70.4 Å². The summed E-state index contributed by atoms with van der Waals surface area (Å²) < 4.78 is 4.91. The number of hydrogen-bond donors (Lipinski definition) is 1. The first-order valence-electron chi connectivity index (χ1n) is 8.75. The van der Waals surface area contributed by atoms with Gasteiger partial charge in [-0.3, -0.25) is 9.59 Å². The second-order valence-electron chi connectivity index (χ2n) is 6.70. The summed E-state index contributed by atoms with van der Waals surface area (Å²) in [6.45, 7) is 3.24. The van der Waals surface area contributed by atoms with Crippen LogP contribution in [0.4, 0.5) is 0 Å². The van der Waals surface area contributed by atoms with Crippen LogP contribution in [0.5, 0.6) is 0 Å². The maximum Gasteiger partial charge on any atom is 0.310 e. The molecule has 0 spiro atoms. The third kappa shape index (κ3) is 4.70. The fraction of sp³-hybridized carbons (Fsp3) is 0.882. The van der Waals surface area contributed by atoms with Gasteiger partial charge in [-0.25, -0.2) is 0 Å². The maximum absolute atomic E-state index is 12.2. The van der Waals surface area contributed by atoms with Crippen molar-refractivity contribution in [3.05, 3.63) is 0 Å². The molecule has 1 saturated heterocycles. The van der Waals surface area contributed by atoms with E-state index >= 15 is 0 Å². The molecule has 5 heteroatoms. The van der Waals surface area contributed by atoms with Crippen molar-refractivity contribution < 1.29 is 14.3 Å². The van der Waals surface area contributed by atoms with Crippen molar-refractivity contribution in [1.29, 1.82) is 0 Å². The largest absolute Gasteiger partial charge is 0.469 e. The SMILES string of the molecule is CCCC(=O)N1CC(NC2CCCCC2)CC(C(=O)OC)C1. The highest BCUT2D eigenvalue weighted by atomic mass is 16.5. The van der Waals surface area contributed by atoms with E-state index in [1.54, 1.807) is 0 Å². The molecule has 22 heavy (non-hydrogen) atoms. The predicted molar refractivity (Wildman–Crippen MR) is 85.4 cm³/mol. The van der Waals surface area contributed by atoms with Crippen LogP contribution in [0.1, 0.15) is 58.3 Å². The lowest BCUT2D eigenvalue weighted by Gasteiger charge is -2.39. The second-order valence-corrected chi connectivity index (χ2v) is 6.70. The number of nitrogens with zero attached hydrogens (tertiary/aromatic N) is 1. The molecule has 2 atom stereocenters. The Morgan fingerprint density at radius 1 is 1.14 bits per heavy atom. The quantitative estimate of drug-likeness (QED) is 0.790. The zero-order valence-corrected chi connectivity index (χ0v) is 14.0. The number of likely N-dealkylation sites (tertiary alicyclic amines) is 1. The molecule has 1 saturated carbocycles. The standard InChI is InChI=1S/C17H30N2O3/c1-3-7-16(20)19-11-13(17(21)22-2)10-15(12-19)18-14-8-5-4-6-9-14/h13-15,18H,3-12H2,1-2H3. The minimum atomic E-state index is -0.194. The summed E-state index contributed by atoms with van der Waals surface area (Å²) in [6.07, 6.45) is 8.49. The van der Waals surface area contributed by atoms with Crippen LogP contribution < -0.4 is 5.32 Å². The Labute approximate surface area is 133 Å². The van der Waals surface area contributed by atoms with Crippen LogP contribution in [-0.4, -0.2) is 49.1 Å². The lowest BCUT2D eigenvalue weighted by Crippen LogP contribution is -2.55. The van der Waals surface area contributed by atoms with E-state index in [0.29, 0.717) is 19.0 Å². The third-order valence-electron chi connectivity index (χ3n) is 4.88. The number of esters is 1. The van der Waals surface area contributed by atoms with Gasteiger partial charge in [0.1, 0.15) is 0 Å². The molecule has 0 aromatic carbocycles. The average Bonchev–Trinajstić information content (AvgIpc) is 2.55. The normalized spacial score (nSPS) is 26.7. The Morgan fingerprint density at radius 2 is 1.86 bits per heavy atom. The molecule has 2 unspecified atom stereocenters. The van der Waals surface area contributed by atoms with Crippen molar-refractivity contribution in [2.24, 2.45) is 5.92 Å². The third-order valence-corrected chi connectivity index (χ3v) is 4.88. The molecule has 2 fully saturated rings. The molecule has 1 amide bonds.